The molecule has 0 aromatic heterocycles. The van der Waals surface area contributed by atoms with Crippen LogP contribution in [0.4, 0.5) is 0 Å². The predicted molar refractivity (Wildman–Crippen MR) is 113 cm³/mol. The Morgan fingerprint density at radius 2 is 2.11 bits per heavy atom. The van der Waals surface area contributed by atoms with Crippen molar-refractivity contribution in [3.05, 3.63) is 29.8 Å². The summed E-state index contributed by atoms with van der Waals surface area (Å²) in [6.07, 6.45) is 6.64. The van der Waals surface area contributed by atoms with Crippen molar-refractivity contribution in [2.24, 2.45) is 4.99 Å². The van der Waals surface area contributed by atoms with Gasteiger partial charge in [0.2, 0.25) is 0 Å². The van der Waals surface area contributed by atoms with E-state index in [1.807, 2.05) is 26.1 Å². The summed E-state index contributed by atoms with van der Waals surface area (Å²) in [6, 6.07) is 8.67. The van der Waals surface area contributed by atoms with Gasteiger partial charge in [-0.1, -0.05) is 31.5 Å². The Labute approximate surface area is 165 Å². The lowest BCUT2D eigenvalue weighted by molar-refractivity contribution is 0.402. The maximum Gasteiger partial charge on any atom is 0.191 e. The van der Waals surface area contributed by atoms with Crippen LogP contribution < -0.4 is 15.4 Å². The Morgan fingerprint density at radius 3 is 2.78 bits per heavy atom. The van der Waals surface area contributed by atoms with Crippen molar-refractivity contribution < 1.29 is 8.95 Å². The second-order valence-electron chi connectivity index (χ2n) is 7.71. The zero-order chi connectivity index (χ0) is 19.3. The first-order chi connectivity index (χ1) is 13.1. The second kappa shape index (κ2) is 9.09. The van der Waals surface area contributed by atoms with E-state index in [1.54, 1.807) is 7.11 Å². The molecule has 0 amide bonds. The molecule has 3 unspecified atom stereocenters. The topological polar surface area (TPSA) is 62.7 Å². The molecule has 5 nitrogen and oxygen atoms in total. The summed E-state index contributed by atoms with van der Waals surface area (Å²) in [5.41, 5.74) is 1.43. The van der Waals surface area contributed by atoms with Crippen LogP contribution in [0.25, 0.3) is 0 Å². The third-order valence-corrected chi connectivity index (χ3v) is 7.71. The van der Waals surface area contributed by atoms with E-state index in [9.17, 15) is 4.21 Å². The van der Waals surface area contributed by atoms with E-state index in [0.29, 0.717) is 11.3 Å². The van der Waals surface area contributed by atoms with Crippen LogP contribution in [0.15, 0.2) is 29.3 Å². The van der Waals surface area contributed by atoms with Crippen molar-refractivity contribution in [2.75, 3.05) is 26.5 Å². The summed E-state index contributed by atoms with van der Waals surface area (Å²) in [5.74, 6) is 2.58. The zero-order valence-corrected chi connectivity index (χ0v) is 17.6. The number of ether oxygens (including phenoxy) is 1. The minimum atomic E-state index is -0.702. The van der Waals surface area contributed by atoms with Crippen LogP contribution in [0, 0.1) is 0 Å². The molecule has 1 aromatic carbocycles. The summed E-state index contributed by atoms with van der Waals surface area (Å²) >= 11 is 0. The van der Waals surface area contributed by atoms with Crippen molar-refractivity contribution in [3.8, 4) is 5.75 Å². The van der Waals surface area contributed by atoms with E-state index in [0.717, 1.165) is 49.7 Å². The number of benzene rings is 1. The summed E-state index contributed by atoms with van der Waals surface area (Å²) in [4.78, 5) is 4.43. The Hall–Kier alpha value is -1.56. The molecule has 0 bridgehead atoms. The monoisotopic (exact) mass is 391 g/mol. The minimum absolute atomic E-state index is 0.142. The number of aliphatic imine (C=N–C) groups is 1. The number of rotatable bonds is 7. The van der Waals surface area contributed by atoms with E-state index < -0.39 is 10.8 Å². The zero-order valence-electron chi connectivity index (χ0n) is 16.8. The second-order valence-corrected chi connectivity index (χ2v) is 9.71. The fourth-order valence-corrected chi connectivity index (χ4v) is 5.51. The molecule has 0 aliphatic heterocycles. The van der Waals surface area contributed by atoms with Gasteiger partial charge in [-0.2, -0.15) is 0 Å². The van der Waals surface area contributed by atoms with Gasteiger partial charge in [0.1, 0.15) is 5.75 Å². The molecule has 2 aliphatic carbocycles. The molecule has 0 radical (unpaired) electrons. The van der Waals surface area contributed by atoms with Gasteiger partial charge in [-0.15, -0.1) is 0 Å². The highest BCUT2D eigenvalue weighted by atomic mass is 32.2. The van der Waals surface area contributed by atoms with E-state index in [1.165, 1.54) is 18.4 Å². The average molecular weight is 392 g/mol. The molecule has 1 aromatic rings. The van der Waals surface area contributed by atoms with E-state index >= 15 is 0 Å². The number of guanidine groups is 1. The minimum Gasteiger partial charge on any atom is -0.496 e. The van der Waals surface area contributed by atoms with Crippen LogP contribution in [-0.2, 0) is 16.2 Å². The Balaban J connectivity index is 1.57. The quantitative estimate of drug-likeness (QED) is 0.554. The molecule has 2 N–H and O–H groups in total. The summed E-state index contributed by atoms with van der Waals surface area (Å²) in [6.45, 7) is 2.87. The molecule has 150 valence electrons. The number of hydrogen-bond acceptors (Lipinski definition) is 3. The summed E-state index contributed by atoms with van der Waals surface area (Å²) in [7, 11) is 2.86. The van der Waals surface area contributed by atoms with Crippen LogP contribution in [0.2, 0.25) is 0 Å². The molecule has 3 rings (SSSR count). The molecule has 0 saturated heterocycles. The predicted octanol–water partition coefficient (Wildman–Crippen LogP) is 2.97. The number of methoxy groups -OCH3 is 1. The van der Waals surface area contributed by atoms with Gasteiger partial charge in [0.05, 0.1) is 7.11 Å². The van der Waals surface area contributed by atoms with Gasteiger partial charge in [-0.05, 0) is 38.2 Å². The first-order valence-electron chi connectivity index (χ1n) is 10.1. The molecule has 2 aliphatic rings. The average Bonchev–Trinajstić information content (AvgIpc) is 3.51. The Bertz CT molecular complexity index is 688. The number of hydrogen-bond donors (Lipinski definition) is 2. The molecule has 27 heavy (non-hydrogen) atoms. The lowest BCUT2D eigenvalue weighted by atomic mass is 9.94. The molecule has 3 atom stereocenters. The number of nitrogens with one attached hydrogen (secondary N) is 2. The highest BCUT2D eigenvalue weighted by Crippen LogP contribution is 2.50. The SMILES string of the molecule is CCS(=O)C1CCCC(NC(=NC)NCC2(c3ccccc3OC)CC2)C1. The van der Waals surface area contributed by atoms with Gasteiger partial charge in [0.15, 0.2) is 5.96 Å². The van der Waals surface area contributed by atoms with Gasteiger partial charge in [0, 0.05) is 52.4 Å². The summed E-state index contributed by atoms with van der Waals surface area (Å²) < 4.78 is 17.7. The maximum absolute atomic E-state index is 12.2. The smallest absolute Gasteiger partial charge is 0.191 e. The van der Waals surface area contributed by atoms with Crippen LogP contribution in [-0.4, -0.2) is 47.9 Å². The van der Waals surface area contributed by atoms with Crippen molar-refractivity contribution in [3.63, 3.8) is 0 Å². The van der Waals surface area contributed by atoms with Crippen molar-refractivity contribution in [1.82, 2.24) is 10.6 Å². The van der Waals surface area contributed by atoms with Gasteiger partial charge in [0.25, 0.3) is 0 Å². The normalized spacial score (nSPS) is 25.5. The van der Waals surface area contributed by atoms with Crippen molar-refractivity contribution in [1.29, 1.82) is 0 Å². The molecule has 0 heterocycles. The van der Waals surface area contributed by atoms with Crippen molar-refractivity contribution >= 4 is 16.8 Å². The summed E-state index contributed by atoms with van der Waals surface area (Å²) in [5, 5.41) is 7.42. The van der Waals surface area contributed by atoms with Crippen LogP contribution >= 0.6 is 0 Å². The first kappa shape index (κ1) is 20.2. The van der Waals surface area contributed by atoms with E-state index in [-0.39, 0.29) is 5.41 Å². The van der Waals surface area contributed by atoms with Gasteiger partial charge in [-0.3, -0.25) is 9.20 Å². The molecule has 0 spiro atoms. The number of nitrogens with zero attached hydrogens (tertiary/aromatic N) is 1. The van der Waals surface area contributed by atoms with E-state index in [4.69, 9.17) is 4.74 Å². The lowest BCUT2D eigenvalue weighted by Gasteiger charge is -2.30. The van der Waals surface area contributed by atoms with Crippen LogP contribution in [0.3, 0.4) is 0 Å². The standard InChI is InChI=1S/C21H33N3O2S/c1-4-27(25)17-9-7-8-16(14-17)24-20(22-2)23-15-21(12-13-21)18-10-5-6-11-19(18)26-3/h5-6,10-11,16-17H,4,7-9,12-15H2,1-3H3,(H2,22,23,24). The Morgan fingerprint density at radius 1 is 1.33 bits per heavy atom. The fraction of sp³-hybridized carbons (Fsp3) is 0.667. The first-order valence-corrected chi connectivity index (χ1v) is 11.5. The molecular weight excluding hydrogens is 358 g/mol. The Kier molecular flexibility index (Phi) is 6.79. The lowest BCUT2D eigenvalue weighted by Crippen LogP contribution is -2.48. The van der Waals surface area contributed by atoms with Crippen LogP contribution in [0.1, 0.15) is 51.0 Å². The fourth-order valence-electron chi connectivity index (χ4n) is 4.17. The molecule has 2 saturated carbocycles. The van der Waals surface area contributed by atoms with E-state index in [2.05, 4.69) is 27.8 Å². The highest BCUT2D eigenvalue weighted by molar-refractivity contribution is 7.85. The van der Waals surface area contributed by atoms with Gasteiger partial charge >= 0.3 is 0 Å². The largest absolute Gasteiger partial charge is 0.496 e. The maximum atomic E-state index is 12.2. The third kappa shape index (κ3) is 4.84. The number of para-hydroxylation sites is 1. The van der Waals surface area contributed by atoms with Crippen molar-refractivity contribution in [2.45, 2.75) is 62.2 Å². The van der Waals surface area contributed by atoms with Gasteiger partial charge < -0.3 is 15.4 Å². The van der Waals surface area contributed by atoms with Gasteiger partial charge in [-0.25, -0.2) is 0 Å². The van der Waals surface area contributed by atoms with Crippen LogP contribution in [0.5, 0.6) is 5.75 Å². The molecule has 6 heteroatoms. The highest BCUT2D eigenvalue weighted by Gasteiger charge is 2.46. The molecule has 2 fully saturated rings. The molecular formula is C21H33N3O2S. The third-order valence-electron chi connectivity index (χ3n) is 5.97.